The van der Waals surface area contributed by atoms with Crippen LogP contribution in [0.3, 0.4) is 0 Å². The zero-order chi connectivity index (χ0) is 28.4. The molecular formula is C31H33FN8O. The van der Waals surface area contributed by atoms with Crippen molar-refractivity contribution in [2.45, 2.75) is 38.1 Å². The van der Waals surface area contributed by atoms with E-state index in [0.29, 0.717) is 30.1 Å². The predicted molar refractivity (Wildman–Crippen MR) is 158 cm³/mol. The van der Waals surface area contributed by atoms with Crippen LogP contribution in [0, 0.1) is 5.82 Å². The van der Waals surface area contributed by atoms with Crippen molar-refractivity contribution in [1.29, 1.82) is 0 Å². The topological polar surface area (TPSA) is 96.2 Å². The number of H-pyrrole nitrogens is 1. The van der Waals surface area contributed by atoms with Gasteiger partial charge in [0.15, 0.2) is 0 Å². The summed E-state index contributed by atoms with van der Waals surface area (Å²) in [6.07, 6.45) is 12.2. The molecule has 1 atom stereocenters. The number of benzene rings is 2. The van der Waals surface area contributed by atoms with Gasteiger partial charge in [0.2, 0.25) is 0 Å². The normalized spacial score (nSPS) is 21.9. The van der Waals surface area contributed by atoms with Crippen molar-refractivity contribution in [3.05, 3.63) is 96.1 Å². The van der Waals surface area contributed by atoms with Gasteiger partial charge in [-0.1, -0.05) is 30.9 Å². The van der Waals surface area contributed by atoms with E-state index in [1.54, 1.807) is 19.4 Å². The summed E-state index contributed by atoms with van der Waals surface area (Å²) in [4.78, 5) is 6.58. The molecule has 6 rings (SSSR count). The van der Waals surface area contributed by atoms with Crippen LogP contribution in [0.25, 0.3) is 22.2 Å². The minimum Gasteiger partial charge on any atom is -0.496 e. The van der Waals surface area contributed by atoms with Crippen molar-refractivity contribution in [2.24, 2.45) is 4.99 Å². The van der Waals surface area contributed by atoms with Crippen molar-refractivity contribution >= 4 is 22.7 Å². The van der Waals surface area contributed by atoms with Gasteiger partial charge in [-0.2, -0.15) is 5.10 Å². The Morgan fingerprint density at radius 3 is 3.00 bits per heavy atom. The molecule has 2 aliphatic rings. The molecule has 1 saturated heterocycles. The Hall–Kier alpha value is -4.57. The number of aromatic amines is 1. The number of piperidine rings is 1. The van der Waals surface area contributed by atoms with Gasteiger partial charge in [-0.05, 0) is 74.0 Å². The maximum Gasteiger partial charge on any atom is 0.131 e. The molecule has 2 aliphatic heterocycles. The Morgan fingerprint density at radius 2 is 2.12 bits per heavy atom. The van der Waals surface area contributed by atoms with Crippen molar-refractivity contribution < 1.29 is 9.13 Å². The second-order valence-corrected chi connectivity index (χ2v) is 10.8. The van der Waals surface area contributed by atoms with E-state index in [0.717, 1.165) is 59.5 Å². The molecule has 0 aliphatic carbocycles. The molecule has 4 aromatic rings. The number of ether oxygens (including phenoxy) is 1. The lowest BCUT2D eigenvalue weighted by atomic mass is 9.79. The summed E-state index contributed by atoms with van der Waals surface area (Å²) in [5.74, 6) is 0.915. The zero-order valence-corrected chi connectivity index (χ0v) is 23.3. The highest BCUT2D eigenvalue weighted by Crippen LogP contribution is 2.35. The smallest absolute Gasteiger partial charge is 0.131 e. The van der Waals surface area contributed by atoms with Crippen molar-refractivity contribution in [3.8, 4) is 11.4 Å². The van der Waals surface area contributed by atoms with Crippen LogP contribution < -0.4 is 10.1 Å². The molecule has 210 valence electrons. The van der Waals surface area contributed by atoms with Crippen molar-refractivity contribution in [2.75, 3.05) is 20.2 Å². The molecule has 10 heteroatoms. The first-order valence-corrected chi connectivity index (χ1v) is 13.7. The summed E-state index contributed by atoms with van der Waals surface area (Å²) in [6, 6.07) is 11.1. The molecular weight excluding hydrogens is 519 g/mol. The minimum atomic E-state index is -0.243. The number of halogens is 1. The molecule has 9 nitrogen and oxygen atoms in total. The molecule has 2 aromatic heterocycles. The quantitative estimate of drug-likeness (QED) is 0.338. The number of likely N-dealkylation sites (tertiary alicyclic amines) is 1. The molecule has 2 aromatic carbocycles. The summed E-state index contributed by atoms with van der Waals surface area (Å²) in [7, 11) is 1.58. The number of nitrogens with zero attached hydrogens (tertiary/aromatic N) is 6. The SMILES string of the molecule is C=C1N=C/C=C(/c2n[nH]c3ccc(-n4cc([C@@]5(C)CCCN(Cc6c(F)cccc6OC)C5)nn4)cc23)C/C=C\N1. The lowest BCUT2D eigenvalue weighted by molar-refractivity contribution is 0.144. The first-order chi connectivity index (χ1) is 19.9. The molecule has 0 radical (unpaired) electrons. The molecule has 4 heterocycles. The monoisotopic (exact) mass is 552 g/mol. The number of aliphatic imine (C=N–C) groups is 1. The highest BCUT2D eigenvalue weighted by Gasteiger charge is 2.36. The third kappa shape index (κ3) is 5.43. The average molecular weight is 553 g/mol. The van der Waals surface area contributed by atoms with Crippen LogP contribution >= 0.6 is 0 Å². The van der Waals surface area contributed by atoms with Gasteiger partial charge in [-0.15, -0.1) is 5.10 Å². The highest BCUT2D eigenvalue weighted by atomic mass is 19.1. The maximum atomic E-state index is 14.6. The zero-order valence-electron chi connectivity index (χ0n) is 23.3. The van der Waals surface area contributed by atoms with Crippen LogP contribution in [0.1, 0.15) is 43.1 Å². The van der Waals surface area contributed by atoms with Crippen molar-refractivity contribution in [1.82, 2.24) is 35.4 Å². The number of aromatic nitrogens is 5. The first kappa shape index (κ1) is 26.6. The molecule has 41 heavy (non-hydrogen) atoms. The number of allylic oxidation sites excluding steroid dienone is 3. The first-order valence-electron chi connectivity index (χ1n) is 13.7. The maximum absolute atomic E-state index is 14.6. The Kier molecular flexibility index (Phi) is 7.23. The Balaban J connectivity index is 1.26. The number of hydrogen-bond acceptors (Lipinski definition) is 7. The lowest BCUT2D eigenvalue weighted by Crippen LogP contribution is -2.44. The van der Waals surface area contributed by atoms with Crippen LogP contribution in [0.2, 0.25) is 0 Å². The Labute approximate surface area is 238 Å². The summed E-state index contributed by atoms with van der Waals surface area (Å²) in [6.45, 7) is 8.20. The second-order valence-electron chi connectivity index (χ2n) is 10.8. The van der Waals surface area contributed by atoms with E-state index in [4.69, 9.17) is 4.74 Å². The summed E-state index contributed by atoms with van der Waals surface area (Å²) in [5, 5.41) is 20.9. The highest BCUT2D eigenvalue weighted by molar-refractivity contribution is 5.95. The number of fused-ring (bicyclic) bond motifs is 1. The number of methoxy groups -OCH3 is 1. The number of hydrogen-bond donors (Lipinski definition) is 2. The summed E-state index contributed by atoms with van der Waals surface area (Å²) < 4.78 is 21.9. The third-order valence-electron chi connectivity index (χ3n) is 7.89. The van der Waals surface area contributed by atoms with E-state index >= 15 is 0 Å². The van der Waals surface area contributed by atoms with Gasteiger partial charge in [-0.25, -0.2) is 14.1 Å². The van der Waals surface area contributed by atoms with Crippen LogP contribution in [-0.4, -0.2) is 56.5 Å². The lowest BCUT2D eigenvalue weighted by Gasteiger charge is -2.39. The van der Waals surface area contributed by atoms with Crippen LogP contribution in [0.5, 0.6) is 5.75 Å². The van der Waals surface area contributed by atoms with E-state index < -0.39 is 0 Å². The second kappa shape index (κ2) is 11.1. The van der Waals surface area contributed by atoms with E-state index in [1.807, 2.05) is 47.4 Å². The molecule has 0 spiro atoms. The molecule has 1 fully saturated rings. The van der Waals surface area contributed by atoms with Gasteiger partial charge in [-0.3, -0.25) is 10.00 Å². The fraction of sp³-hybridized carbons (Fsp3) is 0.290. The fourth-order valence-electron chi connectivity index (χ4n) is 5.69. The van der Waals surface area contributed by atoms with Gasteiger partial charge < -0.3 is 10.1 Å². The van der Waals surface area contributed by atoms with E-state index in [2.05, 4.69) is 55.3 Å². The fourth-order valence-corrected chi connectivity index (χ4v) is 5.69. The van der Waals surface area contributed by atoms with Crippen LogP contribution in [0.4, 0.5) is 4.39 Å². The third-order valence-corrected chi connectivity index (χ3v) is 7.89. The molecule has 0 bridgehead atoms. The molecule has 0 saturated carbocycles. The number of nitrogens with one attached hydrogen (secondary N) is 2. The summed E-state index contributed by atoms with van der Waals surface area (Å²) in [5.41, 5.74) is 5.02. The molecule has 2 N–H and O–H groups in total. The predicted octanol–water partition coefficient (Wildman–Crippen LogP) is 5.28. The largest absolute Gasteiger partial charge is 0.496 e. The van der Waals surface area contributed by atoms with E-state index in [-0.39, 0.29) is 11.2 Å². The van der Waals surface area contributed by atoms with E-state index in [9.17, 15) is 4.39 Å². The number of rotatable bonds is 6. The van der Waals surface area contributed by atoms with Gasteiger partial charge in [0.25, 0.3) is 0 Å². The Bertz CT molecular complexity index is 1680. The standard InChI is InChI=1S/C31H33FN8O/c1-21-33-14-5-7-22(12-15-34-21)30-24-17-23(10-11-27(24)35-37-30)40-19-29(36-38-40)31(2)13-6-16-39(20-31)18-25-26(32)8-4-9-28(25)41-3/h4-5,8-12,14-15,17,19,33H,1,6-7,13,16,18,20H2,2-3H3,(H,35,37)/b14-5-,22-12+,34-15?/t31-/m0/s1. The van der Waals surface area contributed by atoms with Gasteiger partial charge in [0.1, 0.15) is 17.4 Å². The minimum absolute atomic E-state index is 0.216. The summed E-state index contributed by atoms with van der Waals surface area (Å²) >= 11 is 0. The average Bonchev–Trinajstić information content (AvgIpc) is 3.65. The molecule has 0 amide bonds. The van der Waals surface area contributed by atoms with Crippen LogP contribution in [0.15, 0.2) is 78.3 Å². The van der Waals surface area contributed by atoms with Crippen molar-refractivity contribution in [3.63, 3.8) is 0 Å². The van der Waals surface area contributed by atoms with Gasteiger partial charge >= 0.3 is 0 Å². The van der Waals surface area contributed by atoms with E-state index in [1.165, 1.54) is 6.07 Å². The van der Waals surface area contributed by atoms with Crippen LogP contribution in [-0.2, 0) is 12.0 Å². The van der Waals surface area contributed by atoms with Gasteiger partial charge in [0.05, 0.1) is 35.9 Å². The molecule has 0 unspecified atom stereocenters. The Morgan fingerprint density at radius 1 is 1.22 bits per heavy atom. The van der Waals surface area contributed by atoms with Gasteiger partial charge in [0, 0.05) is 35.7 Å².